The minimum atomic E-state index is -2.42. The van der Waals surface area contributed by atoms with Gasteiger partial charge in [0, 0.05) is 12.8 Å². The van der Waals surface area contributed by atoms with Gasteiger partial charge in [0.25, 0.3) is 5.92 Å². The average Bonchev–Trinajstić information content (AvgIpc) is 1.84. The zero-order valence-electron chi connectivity index (χ0n) is 3.82. The van der Waals surface area contributed by atoms with Crippen LogP contribution in [-0.4, -0.2) is 5.92 Å². The Hall–Kier alpha value is -0.400. The van der Waals surface area contributed by atoms with Crippen molar-refractivity contribution in [3.63, 3.8) is 0 Å². The van der Waals surface area contributed by atoms with E-state index >= 15 is 0 Å². The Balaban J connectivity index is 2.49. The normalized spacial score (nSPS) is 26.0. The second-order valence-electron chi connectivity index (χ2n) is 1.74. The van der Waals surface area contributed by atoms with Crippen LogP contribution < -0.4 is 0 Å². The molecule has 1 rings (SSSR count). The standard InChI is InChI=1S/C5H6F2/c6-5(7)3-1-2-4-5/h1-2H,3-4H2. The van der Waals surface area contributed by atoms with Gasteiger partial charge in [-0.3, -0.25) is 0 Å². The summed E-state index contributed by atoms with van der Waals surface area (Å²) < 4.78 is 23.8. The molecule has 1 aliphatic carbocycles. The molecule has 7 heavy (non-hydrogen) atoms. The predicted octanol–water partition coefficient (Wildman–Crippen LogP) is 1.97. The van der Waals surface area contributed by atoms with Crippen LogP contribution in [0.3, 0.4) is 0 Å². The van der Waals surface area contributed by atoms with Crippen molar-refractivity contribution >= 4 is 0 Å². The summed E-state index contributed by atoms with van der Waals surface area (Å²) in [5.74, 6) is -2.42. The molecular weight excluding hydrogens is 98.1 g/mol. The van der Waals surface area contributed by atoms with Crippen molar-refractivity contribution in [3.05, 3.63) is 12.2 Å². The summed E-state index contributed by atoms with van der Waals surface area (Å²) in [6.45, 7) is 0. The number of allylic oxidation sites excluding steroid dienone is 2. The molecule has 0 fully saturated rings. The van der Waals surface area contributed by atoms with Crippen molar-refractivity contribution in [2.45, 2.75) is 18.8 Å². The minimum Gasteiger partial charge on any atom is -0.206 e. The maximum atomic E-state index is 11.9. The third-order valence-corrected chi connectivity index (χ3v) is 1.000. The molecule has 0 aromatic rings. The van der Waals surface area contributed by atoms with Gasteiger partial charge in [-0.05, 0) is 0 Å². The zero-order valence-corrected chi connectivity index (χ0v) is 3.82. The van der Waals surface area contributed by atoms with Crippen LogP contribution in [0, 0.1) is 0 Å². The highest BCUT2D eigenvalue weighted by molar-refractivity contribution is 4.98. The molecule has 0 atom stereocenters. The molecule has 0 aromatic carbocycles. The van der Waals surface area contributed by atoms with Gasteiger partial charge in [-0.2, -0.15) is 0 Å². The highest BCUT2D eigenvalue weighted by Gasteiger charge is 2.28. The van der Waals surface area contributed by atoms with E-state index in [-0.39, 0.29) is 12.8 Å². The summed E-state index contributed by atoms with van der Waals surface area (Å²) in [4.78, 5) is 0. The monoisotopic (exact) mass is 104 g/mol. The molecule has 2 heteroatoms. The molecule has 0 radical (unpaired) electrons. The van der Waals surface area contributed by atoms with E-state index in [2.05, 4.69) is 0 Å². The Bertz CT molecular complexity index is 84.3. The molecular formula is C5H6F2. The molecule has 40 valence electrons. The van der Waals surface area contributed by atoms with Crippen molar-refractivity contribution in [1.82, 2.24) is 0 Å². The molecule has 0 bridgehead atoms. The molecule has 0 unspecified atom stereocenters. The summed E-state index contributed by atoms with van der Waals surface area (Å²) >= 11 is 0. The molecule has 0 spiro atoms. The Morgan fingerprint density at radius 1 is 1.14 bits per heavy atom. The van der Waals surface area contributed by atoms with E-state index in [1.165, 1.54) is 12.2 Å². The number of hydrogen-bond acceptors (Lipinski definition) is 0. The average molecular weight is 104 g/mol. The molecule has 0 saturated heterocycles. The number of alkyl halides is 2. The van der Waals surface area contributed by atoms with Crippen LogP contribution in [0.1, 0.15) is 12.8 Å². The van der Waals surface area contributed by atoms with Gasteiger partial charge in [0.2, 0.25) is 0 Å². The maximum absolute atomic E-state index is 11.9. The summed E-state index contributed by atoms with van der Waals surface area (Å²) in [6, 6.07) is 0. The first-order chi connectivity index (χ1) is 3.21. The highest BCUT2D eigenvalue weighted by Crippen LogP contribution is 2.28. The zero-order chi connectivity index (χ0) is 5.33. The molecule has 1 aliphatic rings. The van der Waals surface area contributed by atoms with Crippen molar-refractivity contribution in [2.75, 3.05) is 0 Å². The van der Waals surface area contributed by atoms with Gasteiger partial charge in [0.05, 0.1) is 0 Å². The first-order valence-electron chi connectivity index (χ1n) is 2.23. The SMILES string of the molecule is FC1(F)CC=CC1. The summed E-state index contributed by atoms with van der Waals surface area (Å²) in [5, 5.41) is 0. The molecule has 0 amide bonds. The van der Waals surface area contributed by atoms with Gasteiger partial charge in [-0.1, -0.05) is 12.2 Å². The van der Waals surface area contributed by atoms with Crippen LogP contribution in [-0.2, 0) is 0 Å². The van der Waals surface area contributed by atoms with Crippen molar-refractivity contribution in [3.8, 4) is 0 Å². The Kier molecular flexibility index (Phi) is 0.873. The lowest BCUT2D eigenvalue weighted by Gasteiger charge is -2.03. The van der Waals surface area contributed by atoms with Gasteiger partial charge < -0.3 is 0 Å². The fourth-order valence-electron chi connectivity index (χ4n) is 0.595. The highest BCUT2D eigenvalue weighted by atomic mass is 19.3. The van der Waals surface area contributed by atoms with Crippen LogP contribution in [0.2, 0.25) is 0 Å². The molecule has 0 nitrogen and oxygen atoms in total. The molecule has 0 aliphatic heterocycles. The minimum absolute atomic E-state index is 0.0625. The van der Waals surface area contributed by atoms with Gasteiger partial charge in [0.1, 0.15) is 0 Å². The van der Waals surface area contributed by atoms with E-state index in [1.807, 2.05) is 0 Å². The predicted molar refractivity (Wildman–Crippen MR) is 23.3 cm³/mol. The van der Waals surface area contributed by atoms with Crippen molar-refractivity contribution < 1.29 is 8.78 Å². The number of hydrogen-bond donors (Lipinski definition) is 0. The van der Waals surface area contributed by atoms with E-state index in [0.29, 0.717) is 0 Å². The Morgan fingerprint density at radius 2 is 1.57 bits per heavy atom. The van der Waals surface area contributed by atoms with Gasteiger partial charge in [-0.25, -0.2) is 8.78 Å². The summed E-state index contributed by atoms with van der Waals surface area (Å²) in [6.07, 6.45) is 2.90. The largest absolute Gasteiger partial charge is 0.254 e. The van der Waals surface area contributed by atoms with Crippen molar-refractivity contribution in [1.29, 1.82) is 0 Å². The van der Waals surface area contributed by atoms with Crippen LogP contribution in [0.5, 0.6) is 0 Å². The second-order valence-corrected chi connectivity index (χ2v) is 1.74. The van der Waals surface area contributed by atoms with E-state index in [1.54, 1.807) is 0 Å². The van der Waals surface area contributed by atoms with Gasteiger partial charge >= 0.3 is 0 Å². The summed E-state index contributed by atoms with van der Waals surface area (Å²) in [5.41, 5.74) is 0. The lowest BCUT2D eigenvalue weighted by atomic mass is 10.3. The maximum Gasteiger partial charge on any atom is 0.254 e. The lowest BCUT2D eigenvalue weighted by Crippen LogP contribution is -2.07. The third-order valence-electron chi connectivity index (χ3n) is 1.000. The number of rotatable bonds is 0. The first kappa shape index (κ1) is 4.75. The molecule has 0 saturated carbocycles. The second kappa shape index (κ2) is 1.29. The smallest absolute Gasteiger partial charge is 0.206 e. The first-order valence-corrected chi connectivity index (χ1v) is 2.23. The fourth-order valence-corrected chi connectivity index (χ4v) is 0.595. The number of halogens is 2. The molecule has 0 aromatic heterocycles. The Morgan fingerprint density at radius 3 is 1.71 bits per heavy atom. The van der Waals surface area contributed by atoms with Crippen LogP contribution >= 0.6 is 0 Å². The van der Waals surface area contributed by atoms with Crippen molar-refractivity contribution in [2.24, 2.45) is 0 Å². The van der Waals surface area contributed by atoms with E-state index in [4.69, 9.17) is 0 Å². The summed E-state index contributed by atoms with van der Waals surface area (Å²) in [7, 11) is 0. The molecule has 0 heterocycles. The lowest BCUT2D eigenvalue weighted by molar-refractivity contribution is 0.0157. The van der Waals surface area contributed by atoms with Gasteiger partial charge in [0.15, 0.2) is 0 Å². The third kappa shape index (κ3) is 0.981. The Labute approximate surface area is 40.8 Å². The van der Waals surface area contributed by atoms with Crippen LogP contribution in [0.15, 0.2) is 12.2 Å². The van der Waals surface area contributed by atoms with Gasteiger partial charge in [-0.15, -0.1) is 0 Å². The van der Waals surface area contributed by atoms with E-state index in [9.17, 15) is 8.78 Å². The quantitative estimate of drug-likeness (QED) is 0.412. The van der Waals surface area contributed by atoms with Crippen LogP contribution in [0.4, 0.5) is 8.78 Å². The van der Waals surface area contributed by atoms with E-state index < -0.39 is 5.92 Å². The van der Waals surface area contributed by atoms with E-state index in [0.717, 1.165) is 0 Å². The van der Waals surface area contributed by atoms with Crippen LogP contribution in [0.25, 0.3) is 0 Å². The fraction of sp³-hybridized carbons (Fsp3) is 0.600. The topological polar surface area (TPSA) is 0 Å². The molecule has 0 N–H and O–H groups in total.